The molecule has 1 aromatic carbocycles. The molecule has 0 bridgehead atoms. The number of nitrogens with zero attached hydrogens (tertiary/aromatic N) is 4. The number of fused-ring (bicyclic) bond motifs is 1. The Balaban J connectivity index is 1.46. The fourth-order valence-corrected chi connectivity index (χ4v) is 5.19. The molecule has 3 aromatic rings. The number of likely N-dealkylation sites (tertiary alicyclic amines) is 1. The van der Waals surface area contributed by atoms with Gasteiger partial charge in [0.2, 0.25) is 4.96 Å². The first kappa shape index (κ1) is 23.2. The molecule has 2 atom stereocenters. The highest BCUT2D eigenvalue weighted by atomic mass is 32.1. The molecule has 0 aliphatic carbocycles. The van der Waals surface area contributed by atoms with Crippen LogP contribution >= 0.6 is 11.3 Å². The minimum atomic E-state index is -0.845. The van der Waals surface area contributed by atoms with Crippen LogP contribution in [0.5, 0.6) is 0 Å². The Hall–Kier alpha value is -2.98. The summed E-state index contributed by atoms with van der Waals surface area (Å²) in [7, 11) is 1.60. The Morgan fingerprint density at radius 3 is 2.70 bits per heavy atom. The summed E-state index contributed by atoms with van der Waals surface area (Å²) in [6.07, 6.45) is 2.66. The van der Waals surface area contributed by atoms with Gasteiger partial charge in [0.1, 0.15) is 5.01 Å². The zero-order valence-electron chi connectivity index (χ0n) is 19.0. The van der Waals surface area contributed by atoms with E-state index < -0.39 is 6.09 Å². The van der Waals surface area contributed by atoms with E-state index >= 15 is 0 Å². The van der Waals surface area contributed by atoms with Crippen LogP contribution in [0.4, 0.5) is 4.79 Å². The number of ether oxygens (including phenoxy) is 1. The number of carbonyl (C=O) groups is 2. The number of aromatic nitrogens is 3. The van der Waals surface area contributed by atoms with Gasteiger partial charge in [0.25, 0.3) is 5.91 Å². The van der Waals surface area contributed by atoms with Crippen LogP contribution in [0.15, 0.2) is 30.5 Å². The number of hydrogen-bond donors (Lipinski definition) is 2. The number of rotatable bonds is 7. The number of nitrogens with one attached hydrogen (secondary N) is 1. The van der Waals surface area contributed by atoms with Gasteiger partial charge in [-0.05, 0) is 30.9 Å². The van der Waals surface area contributed by atoms with Gasteiger partial charge in [-0.25, -0.2) is 14.3 Å². The van der Waals surface area contributed by atoms with Crippen LogP contribution in [-0.2, 0) is 4.74 Å². The van der Waals surface area contributed by atoms with Gasteiger partial charge in [0.15, 0.2) is 0 Å². The molecule has 176 valence electrons. The van der Waals surface area contributed by atoms with Crippen molar-refractivity contribution < 1.29 is 19.4 Å². The van der Waals surface area contributed by atoms with Gasteiger partial charge in [-0.1, -0.05) is 37.3 Å². The van der Waals surface area contributed by atoms with Crippen molar-refractivity contribution in [3.05, 3.63) is 41.7 Å². The van der Waals surface area contributed by atoms with Gasteiger partial charge in [0.05, 0.1) is 18.5 Å². The van der Waals surface area contributed by atoms with E-state index in [1.54, 1.807) is 28.7 Å². The molecule has 3 heterocycles. The van der Waals surface area contributed by atoms with E-state index in [2.05, 4.69) is 24.3 Å². The summed E-state index contributed by atoms with van der Waals surface area (Å²) < 4.78 is 6.75. The van der Waals surface area contributed by atoms with Crippen LogP contribution in [0.2, 0.25) is 0 Å². The van der Waals surface area contributed by atoms with Crippen molar-refractivity contribution in [3.63, 3.8) is 0 Å². The van der Waals surface area contributed by atoms with E-state index in [0.717, 1.165) is 34.1 Å². The van der Waals surface area contributed by atoms with Crippen molar-refractivity contribution in [1.82, 2.24) is 24.8 Å². The summed E-state index contributed by atoms with van der Waals surface area (Å²) in [5, 5.41) is 17.8. The van der Waals surface area contributed by atoms with Gasteiger partial charge in [-0.15, -0.1) is 0 Å². The highest BCUT2D eigenvalue weighted by molar-refractivity contribution is 7.19. The average molecular weight is 472 g/mol. The normalized spacial score (nSPS) is 18.7. The number of carboxylic acid groups (broad SMARTS) is 1. The molecule has 1 saturated heterocycles. The lowest BCUT2D eigenvalue weighted by molar-refractivity contribution is 0.0823. The average Bonchev–Trinajstić information content (AvgIpc) is 3.38. The quantitative estimate of drug-likeness (QED) is 0.509. The Kier molecular flexibility index (Phi) is 6.94. The van der Waals surface area contributed by atoms with Crippen molar-refractivity contribution in [3.8, 4) is 10.6 Å². The third kappa shape index (κ3) is 5.01. The molecular weight excluding hydrogens is 442 g/mol. The number of carbonyl (C=O) groups excluding carboxylic acids is 1. The highest BCUT2D eigenvalue weighted by Crippen LogP contribution is 2.35. The van der Waals surface area contributed by atoms with E-state index in [4.69, 9.17) is 9.72 Å². The molecule has 1 aliphatic heterocycles. The summed E-state index contributed by atoms with van der Waals surface area (Å²) in [5.41, 5.74) is 2.49. The Morgan fingerprint density at radius 1 is 1.30 bits per heavy atom. The topological polar surface area (TPSA) is 109 Å². The van der Waals surface area contributed by atoms with Crippen molar-refractivity contribution in [2.75, 3.05) is 26.8 Å². The molecule has 10 heteroatoms. The first-order valence-corrected chi connectivity index (χ1v) is 11.9. The minimum absolute atomic E-state index is 0.00489. The summed E-state index contributed by atoms with van der Waals surface area (Å²) >= 11 is 1.50. The number of piperidine rings is 1. The van der Waals surface area contributed by atoms with Crippen molar-refractivity contribution in [2.45, 2.75) is 38.6 Å². The summed E-state index contributed by atoms with van der Waals surface area (Å²) in [6, 6.07) is 7.35. The standard InChI is InChI=1S/C23H29N5O4S/c1-14(2)19-12-17(8-10-27(19)23(30)31)18-13-28-22(25-18)33-21(26-28)16-6-4-15(5-7-16)20(29)24-9-11-32-3/h4-7,13-14,17,19H,8-12H2,1-3H3,(H,24,29)(H,30,31). The van der Waals surface area contributed by atoms with Crippen LogP contribution in [-0.4, -0.2) is 69.5 Å². The number of amides is 2. The molecule has 2 N–H and O–H groups in total. The van der Waals surface area contributed by atoms with Gasteiger partial charge in [-0.3, -0.25) is 4.79 Å². The van der Waals surface area contributed by atoms with Crippen LogP contribution in [0.3, 0.4) is 0 Å². The molecule has 0 spiro atoms. The summed E-state index contributed by atoms with van der Waals surface area (Å²) in [6.45, 7) is 5.60. The van der Waals surface area contributed by atoms with Gasteiger partial charge in [-0.2, -0.15) is 5.10 Å². The van der Waals surface area contributed by atoms with Crippen molar-refractivity contribution in [2.24, 2.45) is 5.92 Å². The minimum Gasteiger partial charge on any atom is -0.465 e. The van der Waals surface area contributed by atoms with E-state index in [9.17, 15) is 14.7 Å². The smallest absolute Gasteiger partial charge is 0.407 e. The summed E-state index contributed by atoms with van der Waals surface area (Å²) in [4.78, 5) is 30.9. The lowest BCUT2D eigenvalue weighted by atomic mass is 9.84. The predicted molar refractivity (Wildman–Crippen MR) is 126 cm³/mol. The van der Waals surface area contributed by atoms with Crippen molar-refractivity contribution in [1.29, 1.82) is 0 Å². The largest absolute Gasteiger partial charge is 0.465 e. The van der Waals surface area contributed by atoms with E-state index in [0.29, 0.717) is 25.3 Å². The van der Waals surface area contributed by atoms with E-state index in [1.807, 2.05) is 18.3 Å². The molecule has 2 amide bonds. The maximum absolute atomic E-state index is 12.1. The molecule has 0 saturated carbocycles. The zero-order chi connectivity index (χ0) is 23.5. The molecule has 4 rings (SSSR count). The molecule has 2 unspecified atom stereocenters. The monoisotopic (exact) mass is 471 g/mol. The predicted octanol–water partition coefficient (Wildman–Crippen LogP) is 3.72. The number of imidazole rings is 1. The lowest BCUT2D eigenvalue weighted by Crippen LogP contribution is -2.47. The highest BCUT2D eigenvalue weighted by Gasteiger charge is 2.35. The van der Waals surface area contributed by atoms with Gasteiger partial charge < -0.3 is 20.1 Å². The number of methoxy groups -OCH3 is 1. The molecule has 9 nitrogen and oxygen atoms in total. The fourth-order valence-electron chi connectivity index (χ4n) is 4.30. The second-order valence-electron chi connectivity index (χ2n) is 8.63. The SMILES string of the molecule is COCCNC(=O)c1ccc(-c2nn3cc(C4CCN(C(=O)O)C(C(C)C)C4)nc3s2)cc1. The van der Waals surface area contributed by atoms with E-state index in [-0.39, 0.29) is 23.8 Å². The molecule has 1 fully saturated rings. The van der Waals surface area contributed by atoms with Crippen LogP contribution in [0.1, 0.15) is 48.7 Å². The van der Waals surface area contributed by atoms with Crippen LogP contribution in [0.25, 0.3) is 15.5 Å². The molecule has 2 aromatic heterocycles. The second-order valence-corrected chi connectivity index (χ2v) is 9.59. The Bertz CT molecular complexity index is 1090. The molecule has 33 heavy (non-hydrogen) atoms. The first-order chi connectivity index (χ1) is 15.9. The summed E-state index contributed by atoms with van der Waals surface area (Å²) in [5.74, 6) is 0.342. The Morgan fingerprint density at radius 2 is 2.06 bits per heavy atom. The third-order valence-electron chi connectivity index (χ3n) is 6.13. The van der Waals surface area contributed by atoms with Crippen LogP contribution < -0.4 is 5.32 Å². The maximum Gasteiger partial charge on any atom is 0.407 e. The second kappa shape index (κ2) is 9.88. The van der Waals surface area contributed by atoms with Gasteiger partial charge in [0, 0.05) is 43.3 Å². The van der Waals surface area contributed by atoms with E-state index in [1.165, 1.54) is 11.3 Å². The molecule has 1 aliphatic rings. The zero-order valence-corrected chi connectivity index (χ0v) is 19.8. The van der Waals surface area contributed by atoms with Gasteiger partial charge >= 0.3 is 6.09 Å². The van der Waals surface area contributed by atoms with Crippen molar-refractivity contribution >= 4 is 28.3 Å². The van der Waals surface area contributed by atoms with Crippen LogP contribution in [0, 0.1) is 5.92 Å². The Labute approximate surface area is 196 Å². The first-order valence-electron chi connectivity index (χ1n) is 11.1. The third-order valence-corrected chi connectivity index (χ3v) is 7.10. The maximum atomic E-state index is 12.1. The lowest BCUT2D eigenvalue weighted by Gasteiger charge is -2.39. The fraction of sp³-hybridized carbons (Fsp3) is 0.478. The number of benzene rings is 1. The molecular formula is C23H29N5O4S. The molecule has 0 radical (unpaired) electrons. The number of hydrogen-bond acceptors (Lipinski definition) is 6.